The lowest BCUT2D eigenvalue weighted by molar-refractivity contribution is -0.117. The van der Waals surface area contributed by atoms with Crippen LogP contribution in [0.25, 0.3) is 0 Å². The standard InChI is InChI=1S/C11H10ClNO3/c12-7-3-4-8(11(15)16)9(5-7)13-10(14)6-1-2-6/h3-6H,1-2H2,(H,13,14)(H,15,16). The molecule has 0 aromatic heterocycles. The van der Waals surface area contributed by atoms with Gasteiger partial charge in [0.1, 0.15) is 0 Å². The molecule has 0 saturated heterocycles. The van der Waals surface area contributed by atoms with E-state index in [1.165, 1.54) is 18.2 Å². The number of carbonyl (C=O) groups is 2. The van der Waals surface area contributed by atoms with E-state index in [0.717, 1.165) is 12.8 Å². The van der Waals surface area contributed by atoms with E-state index in [-0.39, 0.29) is 23.1 Å². The van der Waals surface area contributed by atoms with Gasteiger partial charge in [-0.3, -0.25) is 4.79 Å². The second kappa shape index (κ2) is 4.14. The number of carbonyl (C=O) groups excluding carboxylic acids is 1. The molecule has 1 aliphatic rings. The van der Waals surface area contributed by atoms with Crippen molar-refractivity contribution in [3.05, 3.63) is 28.8 Å². The van der Waals surface area contributed by atoms with Crippen molar-refractivity contribution in [2.75, 3.05) is 5.32 Å². The number of amides is 1. The zero-order valence-corrected chi connectivity index (χ0v) is 9.12. The van der Waals surface area contributed by atoms with Crippen LogP contribution in [0.2, 0.25) is 5.02 Å². The molecule has 0 radical (unpaired) electrons. The van der Waals surface area contributed by atoms with Gasteiger partial charge < -0.3 is 10.4 Å². The fraction of sp³-hybridized carbons (Fsp3) is 0.273. The van der Waals surface area contributed by atoms with E-state index in [2.05, 4.69) is 5.32 Å². The summed E-state index contributed by atoms with van der Waals surface area (Å²) in [6.07, 6.45) is 1.74. The van der Waals surface area contributed by atoms with Crippen LogP contribution in [0.3, 0.4) is 0 Å². The molecule has 0 aliphatic heterocycles. The number of halogens is 1. The first-order valence-corrected chi connectivity index (χ1v) is 5.29. The van der Waals surface area contributed by atoms with Crippen molar-refractivity contribution in [3.63, 3.8) is 0 Å². The molecule has 16 heavy (non-hydrogen) atoms. The Morgan fingerprint density at radius 2 is 2.06 bits per heavy atom. The Bertz CT molecular complexity index is 455. The number of anilines is 1. The van der Waals surface area contributed by atoms with E-state index in [4.69, 9.17) is 16.7 Å². The molecule has 0 heterocycles. The number of rotatable bonds is 3. The zero-order chi connectivity index (χ0) is 11.7. The van der Waals surface area contributed by atoms with Crippen LogP contribution in [0.1, 0.15) is 23.2 Å². The van der Waals surface area contributed by atoms with Crippen molar-refractivity contribution in [1.82, 2.24) is 0 Å². The topological polar surface area (TPSA) is 66.4 Å². The van der Waals surface area contributed by atoms with Crippen LogP contribution < -0.4 is 5.32 Å². The third-order valence-corrected chi connectivity index (χ3v) is 2.65. The predicted molar refractivity (Wildman–Crippen MR) is 59.8 cm³/mol. The third-order valence-electron chi connectivity index (χ3n) is 2.42. The van der Waals surface area contributed by atoms with Crippen molar-refractivity contribution in [1.29, 1.82) is 0 Å². The summed E-state index contributed by atoms with van der Waals surface area (Å²) >= 11 is 5.76. The first-order valence-electron chi connectivity index (χ1n) is 4.91. The quantitative estimate of drug-likeness (QED) is 0.851. The van der Waals surface area contributed by atoms with E-state index in [1.54, 1.807) is 0 Å². The number of hydrogen-bond acceptors (Lipinski definition) is 2. The molecule has 1 amide bonds. The minimum atomic E-state index is -1.08. The SMILES string of the molecule is O=C(O)c1ccc(Cl)cc1NC(=O)C1CC1. The van der Waals surface area contributed by atoms with Crippen LogP contribution in [0.4, 0.5) is 5.69 Å². The monoisotopic (exact) mass is 239 g/mol. The largest absolute Gasteiger partial charge is 0.478 e. The molecule has 0 atom stereocenters. The summed E-state index contributed by atoms with van der Waals surface area (Å²) in [5.74, 6) is -1.19. The Labute approximate surface area is 97.2 Å². The molecule has 4 nitrogen and oxygen atoms in total. The van der Waals surface area contributed by atoms with Crippen molar-refractivity contribution >= 4 is 29.2 Å². The van der Waals surface area contributed by atoms with Crippen molar-refractivity contribution in [2.45, 2.75) is 12.8 Å². The van der Waals surface area contributed by atoms with Gasteiger partial charge >= 0.3 is 5.97 Å². The lowest BCUT2D eigenvalue weighted by Gasteiger charge is -2.08. The highest BCUT2D eigenvalue weighted by molar-refractivity contribution is 6.31. The second-order valence-electron chi connectivity index (χ2n) is 3.76. The number of aromatic carboxylic acids is 1. The van der Waals surface area contributed by atoms with Crippen LogP contribution in [0.15, 0.2) is 18.2 Å². The van der Waals surface area contributed by atoms with Gasteiger partial charge in [0.15, 0.2) is 0 Å². The highest BCUT2D eigenvalue weighted by Gasteiger charge is 2.30. The second-order valence-corrected chi connectivity index (χ2v) is 4.20. The van der Waals surface area contributed by atoms with Crippen molar-refractivity contribution in [3.8, 4) is 0 Å². The van der Waals surface area contributed by atoms with E-state index < -0.39 is 5.97 Å². The highest BCUT2D eigenvalue weighted by Crippen LogP contribution is 2.31. The van der Waals surface area contributed by atoms with Crippen LogP contribution in [-0.4, -0.2) is 17.0 Å². The van der Waals surface area contributed by atoms with Gasteiger partial charge in [0.05, 0.1) is 11.3 Å². The van der Waals surface area contributed by atoms with Gasteiger partial charge in [0.25, 0.3) is 0 Å². The molecule has 2 rings (SSSR count). The fourth-order valence-corrected chi connectivity index (χ4v) is 1.56. The molecule has 0 unspecified atom stereocenters. The lowest BCUT2D eigenvalue weighted by Crippen LogP contribution is -2.16. The van der Waals surface area contributed by atoms with Crippen LogP contribution in [0.5, 0.6) is 0 Å². The zero-order valence-electron chi connectivity index (χ0n) is 8.37. The van der Waals surface area contributed by atoms with Crippen LogP contribution in [0, 0.1) is 5.92 Å². The molecular formula is C11H10ClNO3. The molecule has 1 saturated carbocycles. The van der Waals surface area contributed by atoms with Crippen molar-refractivity contribution in [2.24, 2.45) is 5.92 Å². The Balaban J connectivity index is 2.26. The first kappa shape index (κ1) is 11.0. The van der Waals surface area contributed by atoms with E-state index in [9.17, 15) is 9.59 Å². The fourth-order valence-electron chi connectivity index (χ4n) is 1.39. The van der Waals surface area contributed by atoms with Crippen LogP contribution >= 0.6 is 11.6 Å². The number of hydrogen-bond donors (Lipinski definition) is 2. The number of carboxylic acids is 1. The van der Waals surface area contributed by atoms with Gasteiger partial charge in [-0.05, 0) is 31.0 Å². The van der Waals surface area contributed by atoms with E-state index in [1.807, 2.05) is 0 Å². The lowest BCUT2D eigenvalue weighted by atomic mass is 10.1. The molecule has 5 heteroatoms. The maximum absolute atomic E-state index is 11.5. The summed E-state index contributed by atoms with van der Waals surface area (Å²) in [7, 11) is 0. The number of nitrogens with one attached hydrogen (secondary N) is 1. The Hall–Kier alpha value is -1.55. The highest BCUT2D eigenvalue weighted by atomic mass is 35.5. The van der Waals surface area contributed by atoms with Gasteiger partial charge in [-0.2, -0.15) is 0 Å². The summed E-state index contributed by atoms with van der Waals surface area (Å²) in [5, 5.41) is 11.9. The summed E-state index contributed by atoms with van der Waals surface area (Å²) in [5.41, 5.74) is 0.315. The van der Waals surface area contributed by atoms with Crippen LogP contribution in [-0.2, 0) is 4.79 Å². The average molecular weight is 240 g/mol. The van der Waals surface area contributed by atoms with Gasteiger partial charge in [0.2, 0.25) is 5.91 Å². The predicted octanol–water partition coefficient (Wildman–Crippen LogP) is 2.39. The molecule has 84 valence electrons. The molecule has 1 aromatic carbocycles. The number of carboxylic acid groups (broad SMARTS) is 1. The first-order chi connectivity index (χ1) is 7.58. The van der Waals surface area contributed by atoms with Gasteiger partial charge in [0, 0.05) is 10.9 Å². The smallest absolute Gasteiger partial charge is 0.337 e. The Morgan fingerprint density at radius 1 is 1.38 bits per heavy atom. The van der Waals surface area contributed by atoms with Gasteiger partial charge in [-0.15, -0.1) is 0 Å². The Kier molecular flexibility index (Phi) is 2.83. The maximum Gasteiger partial charge on any atom is 0.337 e. The normalized spacial score (nSPS) is 14.6. The molecule has 2 N–H and O–H groups in total. The minimum Gasteiger partial charge on any atom is -0.478 e. The van der Waals surface area contributed by atoms with Gasteiger partial charge in [-0.25, -0.2) is 4.79 Å². The summed E-state index contributed by atoms with van der Waals surface area (Å²) in [6, 6.07) is 4.32. The molecule has 1 aromatic rings. The molecule has 1 aliphatic carbocycles. The average Bonchev–Trinajstić information content (AvgIpc) is 2.99. The molecule has 0 bridgehead atoms. The molecular weight excluding hydrogens is 230 g/mol. The third kappa shape index (κ3) is 2.33. The number of benzene rings is 1. The summed E-state index contributed by atoms with van der Waals surface area (Å²) in [4.78, 5) is 22.4. The molecule has 1 fully saturated rings. The minimum absolute atomic E-state index is 0.0284. The molecule has 0 spiro atoms. The van der Waals surface area contributed by atoms with Crippen molar-refractivity contribution < 1.29 is 14.7 Å². The van der Waals surface area contributed by atoms with Gasteiger partial charge in [-0.1, -0.05) is 11.6 Å². The summed E-state index contributed by atoms with van der Waals surface area (Å²) < 4.78 is 0. The van der Waals surface area contributed by atoms with E-state index in [0.29, 0.717) is 5.02 Å². The Morgan fingerprint density at radius 3 is 2.62 bits per heavy atom. The van der Waals surface area contributed by atoms with E-state index >= 15 is 0 Å². The maximum atomic E-state index is 11.5. The summed E-state index contributed by atoms with van der Waals surface area (Å²) in [6.45, 7) is 0.